The Morgan fingerprint density at radius 1 is 1.48 bits per heavy atom. The van der Waals surface area contributed by atoms with Gasteiger partial charge in [-0.15, -0.1) is 0 Å². The van der Waals surface area contributed by atoms with Crippen LogP contribution < -0.4 is 10.6 Å². The van der Waals surface area contributed by atoms with E-state index < -0.39 is 0 Å². The van der Waals surface area contributed by atoms with Crippen LogP contribution in [-0.4, -0.2) is 56.0 Å². The van der Waals surface area contributed by atoms with Crippen molar-refractivity contribution in [2.45, 2.75) is 32.9 Å². The smallest absolute Gasteiger partial charge is 0.315 e. The molecule has 120 valence electrons. The monoisotopic (exact) mass is 298 g/mol. The Morgan fingerprint density at radius 2 is 2.24 bits per heavy atom. The van der Waals surface area contributed by atoms with Crippen molar-refractivity contribution < 1.29 is 14.1 Å². The fraction of sp³-hybridized carbons (Fsp3) is 0.714. The van der Waals surface area contributed by atoms with E-state index in [-0.39, 0.29) is 12.1 Å². The molecule has 1 unspecified atom stereocenters. The van der Waals surface area contributed by atoms with E-state index in [0.29, 0.717) is 19.7 Å². The van der Waals surface area contributed by atoms with E-state index in [0.717, 1.165) is 24.2 Å². The van der Waals surface area contributed by atoms with Crippen molar-refractivity contribution in [1.82, 2.24) is 20.7 Å². The summed E-state index contributed by atoms with van der Waals surface area (Å²) in [7, 11) is 4.03. The first-order valence-electron chi connectivity index (χ1n) is 7.20. The van der Waals surface area contributed by atoms with E-state index in [1.54, 1.807) is 6.26 Å². The lowest BCUT2D eigenvalue weighted by atomic mass is 10.2. The summed E-state index contributed by atoms with van der Waals surface area (Å²) in [6.07, 6.45) is 2.46. The minimum Gasteiger partial charge on any atom is -0.377 e. The molecule has 7 nitrogen and oxygen atoms in total. The minimum absolute atomic E-state index is 0.0249. The summed E-state index contributed by atoms with van der Waals surface area (Å²) in [6, 6.07) is -0.230. The highest BCUT2D eigenvalue weighted by atomic mass is 16.5. The Labute approximate surface area is 126 Å². The Balaban J connectivity index is 2.27. The number of ether oxygens (including phenoxy) is 1. The molecule has 7 heteroatoms. The third-order valence-electron chi connectivity index (χ3n) is 3.05. The molecule has 0 aliphatic heterocycles. The van der Waals surface area contributed by atoms with Crippen LogP contribution in [0.2, 0.25) is 0 Å². The molecule has 0 radical (unpaired) electrons. The molecule has 0 aliphatic carbocycles. The van der Waals surface area contributed by atoms with E-state index in [2.05, 4.69) is 20.7 Å². The SMILES string of the molecule is CCOC(CCN(C)C)CNC(=O)NCc1nocc1C. The molecule has 1 aromatic heterocycles. The van der Waals surface area contributed by atoms with Crippen molar-refractivity contribution in [2.75, 3.05) is 33.8 Å². The van der Waals surface area contributed by atoms with Crippen LogP contribution in [0.1, 0.15) is 24.6 Å². The van der Waals surface area contributed by atoms with Gasteiger partial charge in [0.1, 0.15) is 12.0 Å². The normalized spacial score (nSPS) is 12.4. The molecule has 21 heavy (non-hydrogen) atoms. The van der Waals surface area contributed by atoms with Crippen molar-refractivity contribution in [3.8, 4) is 0 Å². The lowest BCUT2D eigenvalue weighted by molar-refractivity contribution is 0.0534. The molecule has 0 aromatic carbocycles. The molecule has 0 aliphatic rings. The van der Waals surface area contributed by atoms with E-state index >= 15 is 0 Å². The molecule has 2 N–H and O–H groups in total. The summed E-state index contributed by atoms with van der Waals surface area (Å²) in [5.74, 6) is 0. The van der Waals surface area contributed by atoms with Gasteiger partial charge >= 0.3 is 6.03 Å². The first-order valence-corrected chi connectivity index (χ1v) is 7.20. The first-order chi connectivity index (χ1) is 10.0. The number of nitrogens with one attached hydrogen (secondary N) is 2. The van der Waals surface area contributed by atoms with E-state index in [1.165, 1.54) is 0 Å². The van der Waals surface area contributed by atoms with Crippen molar-refractivity contribution >= 4 is 6.03 Å². The zero-order valence-electron chi connectivity index (χ0n) is 13.3. The number of aryl methyl sites for hydroxylation is 1. The second-order valence-corrected chi connectivity index (χ2v) is 5.18. The summed E-state index contributed by atoms with van der Waals surface area (Å²) in [4.78, 5) is 13.8. The van der Waals surface area contributed by atoms with Gasteiger partial charge in [-0.3, -0.25) is 0 Å². The maximum Gasteiger partial charge on any atom is 0.315 e. The van der Waals surface area contributed by atoms with Crippen molar-refractivity contribution in [1.29, 1.82) is 0 Å². The molecule has 1 atom stereocenters. The van der Waals surface area contributed by atoms with E-state index in [4.69, 9.17) is 9.26 Å². The highest BCUT2D eigenvalue weighted by Gasteiger charge is 2.11. The Bertz CT molecular complexity index is 420. The Hall–Kier alpha value is -1.60. The van der Waals surface area contributed by atoms with E-state index in [1.807, 2.05) is 27.9 Å². The van der Waals surface area contributed by atoms with Gasteiger partial charge in [-0.2, -0.15) is 0 Å². The number of urea groups is 1. The third-order valence-corrected chi connectivity index (χ3v) is 3.05. The fourth-order valence-corrected chi connectivity index (χ4v) is 1.80. The zero-order valence-corrected chi connectivity index (χ0v) is 13.3. The first kappa shape index (κ1) is 17.5. The predicted molar refractivity (Wildman–Crippen MR) is 80.1 cm³/mol. The van der Waals surface area contributed by atoms with Crippen molar-refractivity contribution in [2.24, 2.45) is 0 Å². The largest absolute Gasteiger partial charge is 0.377 e. The number of carbonyl (C=O) groups is 1. The molecule has 0 saturated heterocycles. The maximum atomic E-state index is 11.7. The van der Waals surface area contributed by atoms with Crippen LogP contribution in [-0.2, 0) is 11.3 Å². The van der Waals surface area contributed by atoms with Gasteiger partial charge in [0.05, 0.1) is 12.6 Å². The number of aromatic nitrogens is 1. The average Bonchev–Trinajstić information content (AvgIpc) is 2.85. The zero-order chi connectivity index (χ0) is 15.7. The van der Waals surface area contributed by atoms with Gasteiger partial charge in [-0.25, -0.2) is 4.79 Å². The molecule has 0 fully saturated rings. The minimum atomic E-state index is -0.230. The summed E-state index contributed by atoms with van der Waals surface area (Å²) >= 11 is 0. The molecule has 0 bridgehead atoms. The van der Waals surface area contributed by atoms with Gasteiger partial charge in [-0.05, 0) is 34.4 Å². The molecule has 2 amide bonds. The standard InChI is InChI=1S/C14H26N4O3/c1-5-20-12(6-7-18(3)4)8-15-14(19)16-9-13-11(2)10-21-17-13/h10,12H,5-9H2,1-4H3,(H2,15,16,19). The molecule has 1 rings (SSSR count). The van der Waals surface area contributed by atoms with Gasteiger partial charge in [-0.1, -0.05) is 5.16 Å². The molecular formula is C14H26N4O3. The van der Waals surface area contributed by atoms with Crippen LogP contribution in [0.5, 0.6) is 0 Å². The summed E-state index contributed by atoms with van der Waals surface area (Å²) in [5, 5.41) is 9.38. The molecule has 1 aromatic rings. The number of rotatable bonds is 9. The summed E-state index contributed by atoms with van der Waals surface area (Å²) < 4.78 is 10.4. The van der Waals surface area contributed by atoms with Gasteiger partial charge < -0.3 is 24.8 Å². The van der Waals surface area contributed by atoms with Crippen molar-refractivity contribution in [3.05, 3.63) is 17.5 Å². The average molecular weight is 298 g/mol. The lowest BCUT2D eigenvalue weighted by Gasteiger charge is -2.19. The second-order valence-electron chi connectivity index (χ2n) is 5.18. The number of hydrogen-bond acceptors (Lipinski definition) is 5. The second kappa shape index (κ2) is 9.36. The molecule has 0 saturated carbocycles. The molecular weight excluding hydrogens is 272 g/mol. The lowest BCUT2D eigenvalue weighted by Crippen LogP contribution is -2.41. The molecule has 0 spiro atoms. The quantitative estimate of drug-likeness (QED) is 0.714. The van der Waals surface area contributed by atoms with Crippen LogP contribution in [0.25, 0.3) is 0 Å². The number of hydrogen-bond donors (Lipinski definition) is 2. The van der Waals surface area contributed by atoms with Crippen LogP contribution in [0.15, 0.2) is 10.8 Å². The third kappa shape index (κ3) is 7.10. The Kier molecular flexibility index (Phi) is 7.78. The predicted octanol–water partition coefficient (Wildman–Crippen LogP) is 1.14. The molecule has 1 heterocycles. The van der Waals surface area contributed by atoms with E-state index in [9.17, 15) is 4.79 Å². The van der Waals surface area contributed by atoms with Crippen LogP contribution in [0, 0.1) is 6.92 Å². The van der Waals surface area contributed by atoms with Crippen molar-refractivity contribution in [3.63, 3.8) is 0 Å². The van der Waals surface area contributed by atoms with Gasteiger partial charge in [0, 0.05) is 25.3 Å². The number of carbonyl (C=O) groups excluding carboxylic acids is 1. The maximum absolute atomic E-state index is 11.7. The highest BCUT2D eigenvalue weighted by molar-refractivity contribution is 5.73. The summed E-state index contributed by atoms with van der Waals surface area (Å²) in [6.45, 7) is 6.25. The van der Waals surface area contributed by atoms with Gasteiger partial charge in [0.2, 0.25) is 0 Å². The fourth-order valence-electron chi connectivity index (χ4n) is 1.80. The Morgan fingerprint density at radius 3 is 2.81 bits per heavy atom. The summed E-state index contributed by atoms with van der Waals surface area (Å²) in [5.41, 5.74) is 1.66. The van der Waals surface area contributed by atoms with Crippen LogP contribution in [0.3, 0.4) is 0 Å². The number of nitrogens with zero attached hydrogens (tertiary/aromatic N) is 2. The van der Waals surface area contributed by atoms with Crippen LogP contribution in [0.4, 0.5) is 4.79 Å². The van der Waals surface area contributed by atoms with Gasteiger partial charge in [0.25, 0.3) is 0 Å². The van der Waals surface area contributed by atoms with Gasteiger partial charge in [0.15, 0.2) is 0 Å². The highest BCUT2D eigenvalue weighted by Crippen LogP contribution is 2.03. The topological polar surface area (TPSA) is 79.6 Å². The van der Waals surface area contributed by atoms with Crippen LogP contribution >= 0.6 is 0 Å². The number of amides is 2.